The molecule has 0 fully saturated rings. The van der Waals surface area contributed by atoms with E-state index in [1.165, 1.54) is 0 Å². The fourth-order valence-electron chi connectivity index (χ4n) is 1.76. The van der Waals surface area contributed by atoms with Crippen molar-refractivity contribution < 1.29 is 4.79 Å². The summed E-state index contributed by atoms with van der Waals surface area (Å²) < 4.78 is 1.81. The van der Waals surface area contributed by atoms with Gasteiger partial charge in [-0.15, -0.1) is 0 Å². The van der Waals surface area contributed by atoms with Crippen LogP contribution in [0, 0.1) is 5.92 Å². The highest BCUT2D eigenvalue weighted by molar-refractivity contribution is 5.76. The van der Waals surface area contributed by atoms with Crippen LogP contribution in [0.5, 0.6) is 0 Å². The number of carbonyl (C=O) groups is 1. The lowest BCUT2D eigenvalue weighted by Crippen LogP contribution is -2.23. The lowest BCUT2D eigenvalue weighted by Gasteiger charge is -2.06. The fraction of sp³-hybridized carbons (Fsp3) is 0.385. The van der Waals surface area contributed by atoms with Gasteiger partial charge < -0.3 is 5.32 Å². The summed E-state index contributed by atoms with van der Waals surface area (Å²) in [6, 6.07) is 5.90. The molecule has 2 rings (SSSR count). The van der Waals surface area contributed by atoms with E-state index in [0.717, 1.165) is 11.1 Å². The molecule has 4 nitrogen and oxygen atoms in total. The summed E-state index contributed by atoms with van der Waals surface area (Å²) in [5.41, 5.74) is 2.08. The van der Waals surface area contributed by atoms with Crippen LogP contribution in [0.4, 0.5) is 0 Å². The van der Waals surface area contributed by atoms with E-state index in [1.54, 1.807) is 6.20 Å². The van der Waals surface area contributed by atoms with E-state index in [0.29, 0.717) is 18.9 Å². The molecule has 0 aliphatic heterocycles. The average molecular weight is 231 g/mol. The number of fused-ring (bicyclic) bond motifs is 1. The summed E-state index contributed by atoms with van der Waals surface area (Å²) in [5.74, 6) is 0.481. The second-order valence-electron chi connectivity index (χ2n) is 4.57. The minimum Gasteiger partial charge on any atom is -0.352 e. The van der Waals surface area contributed by atoms with Crippen LogP contribution >= 0.6 is 0 Å². The van der Waals surface area contributed by atoms with Gasteiger partial charge in [0.15, 0.2) is 0 Å². The van der Waals surface area contributed by atoms with E-state index in [1.807, 2.05) is 42.8 Å². The highest BCUT2D eigenvalue weighted by Gasteiger charge is 2.07. The lowest BCUT2D eigenvalue weighted by atomic mass is 10.1. The van der Waals surface area contributed by atoms with E-state index in [9.17, 15) is 4.79 Å². The van der Waals surface area contributed by atoms with Crippen LogP contribution in [0.1, 0.15) is 25.8 Å². The van der Waals surface area contributed by atoms with Crippen molar-refractivity contribution in [1.82, 2.24) is 14.9 Å². The third kappa shape index (κ3) is 2.84. The summed E-state index contributed by atoms with van der Waals surface area (Å²) in [6.07, 6.45) is 4.26. The summed E-state index contributed by atoms with van der Waals surface area (Å²) in [4.78, 5) is 11.5. The molecule has 2 heterocycles. The Kier molecular flexibility index (Phi) is 3.42. The zero-order chi connectivity index (χ0) is 12.3. The van der Waals surface area contributed by atoms with Gasteiger partial charge in [-0.25, -0.2) is 4.52 Å². The molecular weight excluding hydrogens is 214 g/mol. The molecule has 17 heavy (non-hydrogen) atoms. The Morgan fingerprint density at radius 2 is 2.29 bits per heavy atom. The first kappa shape index (κ1) is 11.6. The Balaban J connectivity index is 2.02. The minimum atomic E-state index is 0.0929. The first-order valence-electron chi connectivity index (χ1n) is 5.85. The molecule has 0 atom stereocenters. The zero-order valence-corrected chi connectivity index (χ0v) is 10.2. The Labute approximate surface area is 101 Å². The molecule has 0 spiro atoms. The molecule has 0 saturated heterocycles. The van der Waals surface area contributed by atoms with Crippen molar-refractivity contribution in [1.29, 1.82) is 0 Å². The van der Waals surface area contributed by atoms with E-state index >= 15 is 0 Å². The second-order valence-corrected chi connectivity index (χ2v) is 4.57. The van der Waals surface area contributed by atoms with Crippen LogP contribution in [0.3, 0.4) is 0 Å². The standard InChI is InChI=1S/C13H17N3O/c1-10(2)7-13(17)14-8-11-9-15-16-6-4-3-5-12(11)16/h3-6,9-10H,7-8H2,1-2H3,(H,14,17). The van der Waals surface area contributed by atoms with Crippen LogP contribution in [-0.4, -0.2) is 15.5 Å². The highest BCUT2D eigenvalue weighted by atomic mass is 16.1. The van der Waals surface area contributed by atoms with Crippen molar-refractivity contribution in [2.75, 3.05) is 0 Å². The van der Waals surface area contributed by atoms with Gasteiger partial charge in [0.25, 0.3) is 0 Å². The predicted octanol–water partition coefficient (Wildman–Crippen LogP) is 2.00. The van der Waals surface area contributed by atoms with Gasteiger partial charge in [0.05, 0.1) is 11.7 Å². The number of nitrogens with zero attached hydrogens (tertiary/aromatic N) is 2. The maximum atomic E-state index is 11.5. The number of rotatable bonds is 4. The van der Waals surface area contributed by atoms with Gasteiger partial charge in [-0.2, -0.15) is 5.10 Å². The van der Waals surface area contributed by atoms with E-state index in [4.69, 9.17) is 0 Å². The predicted molar refractivity (Wildman–Crippen MR) is 66.5 cm³/mol. The number of pyridine rings is 1. The molecule has 0 aliphatic rings. The van der Waals surface area contributed by atoms with Crippen molar-refractivity contribution >= 4 is 11.4 Å². The first-order chi connectivity index (χ1) is 8.16. The fourth-order valence-corrected chi connectivity index (χ4v) is 1.76. The van der Waals surface area contributed by atoms with E-state index in [-0.39, 0.29) is 5.91 Å². The van der Waals surface area contributed by atoms with Crippen molar-refractivity contribution in [3.8, 4) is 0 Å². The number of amides is 1. The van der Waals surface area contributed by atoms with Crippen LogP contribution in [0.25, 0.3) is 5.52 Å². The van der Waals surface area contributed by atoms with Gasteiger partial charge in [-0.1, -0.05) is 19.9 Å². The molecule has 0 saturated carbocycles. The number of hydrogen-bond acceptors (Lipinski definition) is 2. The number of nitrogens with one attached hydrogen (secondary N) is 1. The normalized spacial score (nSPS) is 11.0. The van der Waals surface area contributed by atoms with Gasteiger partial charge >= 0.3 is 0 Å². The molecule has 0 aliphatic carbocycles. The van der Waals surface area contributed by atoms with Crippen molar-refractivity contribution in [3.63, 3.8) is 0 Å². The average Bonchev–Trinajstić information content (AvgIpc) is 2.69. The molecule has 1 N–H and O–H groups in total. The molecule has 90 valence electrons. The number of carbonyl (C=O) groups excluding carboxylic acids is 1. The molecule has 0 unspecified atom stereocenters. The van der Waals surface area contributed by atoms with Crippen LogP contribution < -0.4 is 5.32 Å². The van der Waals surface area contributed by atoms with Crippen molar-refractivity contribution in [2.45, 2.75) is 26.8 Å². The Bertz CT molecular complexity index is 516. The van der Waals surface area contributed by atoms with Crippen molar-refractivity contribution in [3.05, 3.63) is 36.2 Å². The molecule has 0 bridgehead atoms. The van der Waals surface area contributed by atoms with Crippen LogP contribution in [0.2, 0.25) is 0 Å². The van der Waals surface area contributed by atoms with E-state index < -0.39 is 0 Å². The maximum absolute atomic E-state index is 11.5. The van der Waals surface area contributed by atoms with Gasteiger partial charge in [0.1, 0.15) is 0 Å². The summed E-state index contributed by atoms with van der Waals surface area (Å²) in [5, 5.41) is 7.14. The Hall–Kier alpha value is -1.84. The van der Waals surface area contributed by atoms with Crippen LogP contribution in [0.15, 0.2) is 30.6 Å². The van der Waals surface area contributed by atoms with Gasteiger partial charge in [0.2, 0.25) is 5.91 Å². The Morgan fingerprint density at radius 1 is 1.47 bits per heavy atom. The largest absolute Gasteiger partial charge is 0.352 e. The quantitative estimate of drug-likeness (QED) is 0.874. The maximum Gasteiger partial charge on any atom is 0.220 e. The summed E-state index contributed by atoms with van der Waals surface area (Å²) in [6.45, 7) is 4.61. The molecular formula is C13H17N3O. The highest BCUT2D eigenvalue weighted by Crippen LogP contribution is 2.09. The molecule has 2 aromatic rings. The first-order valence-corrected chi connectivity index (χ1v) is 5.85. The molecule has 0 radical (unpaired) electrons. The van der Waals surface area contributed by atoms with Gasteiger partial charge in [0, 0.05) is 24.7 Å². The topological polar surface area (TPSA) is 46.4 Å². The SMILES string of the molecule is CC(C)CC(=O)NCc1cnn2ccccc12. The smallest absolute Gasteiger partial charge is 0.220 e. The number of hydrogen-bond donors (Lipinski definition) is 1. The lowest BCUT2D eigenvalue weighted by molar-refractivity contribution is -0.121. The van der Waals surface area contributed by atoms with Gasteiger partial charge in [-0.05, 0) is 18.1 Å². The second kappa shape index (κ2) is 4.99. The minimum absolute atomic E-state index is 0.0929. The van der Waals surface area contributed by atoms with Gasteiger partial charge in [-0.3, -0.25) is 4.79 Å². The molecule has 1 amide bonds. The third-order valence-corrected chi connectivity index (χ3v) is 2.58. The summed E-state index contributed by atoms with van der Waals surface area (Å²) in [7, 11) is 0. The zero-order valence-electron chi connectivity index (χ0n) is 10.2. The Morgan fingerprint density at radius 3 is 3.06 bits per heavy atom. The van der Waals surface area contributed by atoms with Crippen LogP contribution in [-0.2, 0) is 11.3 Å². The monoisotopic (exact) mass is 231 g/mol. The molecule has 4 heteroatoms. The molecule has 0 aromatic carbocycles. The number of aromatic nitrogens is 2. The molecule has 2 aromatic heterocycles. The van der Waals surface area contributed by atoms with Crippen molar-refractivity contribution in [2.24, 2.45) is 5.92 Å². The third-order valence-electron chi connectivity index (χ3n) is 2.58. The summed E-state index contributed by atoms with van der Waals surface area (Å²) >= 11 is 0. The van der Waals surface area contributed by atoms with E-state index in [2.05, 4.69) is 10.4 Å².